The summed E-state index contributed by atoms with van der Waals surface area (Å²) in [7, 11) is 0. The van der Waals surface area contributed by atoms with E-state index in [1.807, 2.05) is 0 Å². The van der Waals surface area contributed by atoms with Crippen molar-refractivity contribution >= 4 is 11.9 Å². The zero-order chi connectivity index (χ0) is 13.8. The number of hydrogen-bond acceptors (Lipinski definition) is 5. The van der Waals surface area contributed by atoms with Crippen molar-refractivity contribution in [1.29, 1.82) is 0 Å². The predicted molar refractivity (Wildman–Crippen MR) is 71.9 cm³/mol. The number of nitrogens with two attached hydrogens (primary N) is 1. The van der Waals surface area contributed by atoms with Gasteiger partial charge in [-0.15, -0.1) is 0 Å². The van der Waals surface area contributed by atoms with E-state index < -0.39 is 12.0 Å². The van der Waals surface area contributed by atoms with Crippen LogP contribution in [-0.4, -0.2) is 33.6 Å². The molecule has 0 radical (unpaired) electrons. The highest BCUT2D eigenvalue weighted by Gasteiger charge is 2.21. The minimum absolute atomic E-state index is 0.108. The maximum absolute atomic E-state index is 10.6. The largest absolute Gasteiger partial charge is 0.481 e. The molecule has 0 amide bonds. The van der Waals surface area contributed by atoms with Crippen LogP contribution in [0.5, 0.6) is 0 Å². The molecule has 0 spiro atoms. The van der Waals surface area contributed by atoms with E-state index in [4.69, 9.17) is 10.8 Å². The summed E-state index contributed by atoms with van der Waals surface area (Å²) in [4.78, 5) is 21.4. The lowest BCUT2D eigenvalue weighted by Crippen LogP contribution is -2.38. The van der Waals surface area contributed by atoms with Gasteiger partial charge in [0.15, 0.2) is 0 Å². The topological polar surface area (TPSA) is 92.3 Å². The molecular formula is C13H20N4O2. The average Bonchev–Trinajstić information content (AvgIpc) is 2.39. The number of rotatable bonds is 4. The van der Waals surface area contributed by atoms with Crippen LogP contribution in [0, 0.1) is 0 Å². The summed E-state index contributed by atoms with van der Waals surface area (Å²) in [5.74, 6) is -0.209. The molecule has 0 bridgehead atoms. The molecule has 1 aromatic rings. The van der Waals surface area contributed by atoms with E-state index in [9.17, 15) is 4.79 Å². The third-order valence-corrected chi connectivity index (χ3v) is 3.54. The summed E-state index contributed by atoms with van der Waals surface area (Å²) < 4.78 is 0. The van der Waals surface area contributed by atoms with Crippen molar-refractivity contribution < 1.29 is 9.90 Å². The van der Waals surface area contributed by atoms with Gasteiger partial charge in [-0.25, -0.2) is 9.97 Å². The molecule has 1 aromatic heterocycles. The number of carboxylic acids is 1. The maximum Gasteiger partial charge on any atom is 0.305 e. The summed E-state index contributed by atoms with van der Waals surface area (Å²) in [6.07, 6.45) is 6.73. The molecule has 1 aliphatic heterocycles. The molecule has 1 fully saturated rings. The summed E-state index contributed by atoms with van der Waals surface area (Å²) in [6.45, 7) is 3.15. The molecule has 0 saturated carbocycles. The van der Waals surface area contributed by atoms with Gasteiger partial charge in [-0.2, -0.15) is 0 Å². The Morgan fingerprint density at radius 3 is 2.79 bits per heavy atom. The third-order valence-electron chi connectivity index (χ3n) is 3.54. The van der Waals surface area contributed by atoms with Gasteiger partial charge in [0.05, 0.1) is 6.42 Å². The van der Waals surface area contributed by atoms with E-state index in [1.165, 1.54) is 6.42 Å². The Morgan fingerprint density at radius 2 is 2.21 bits per heavy atom. The molecule has 2 heterocycles. The van der Waals surface area contributed by atoms with Crippen LogP contribution in [0.2, 0.25) is 0 Å². The lowest BCUT2D eigenvalue weighted by molar-refractivity contribution is -0.137. The first-order valence-corrected chi connectivity index (χ1v) is 6.64. The van der Waals surface area contributed by atoms with Crippen LogP contribution in [0.15, 0.2) is 12.4 Å². The summed E-state index contributed by atoms with van der Waals surface area (Å²) >= 11 is 0. The van der Waals surface area contributed by atoms with Crippen molar-refractivity contribution in [1.82, 2.24) is 9.97 Å². The Morgan fingerprint density at radius 1 is 1.53 bits per heavy atom. The molecule has 2 rings (SSSR count). The van der Waals surface area contributed by atoms with Crippen LogP contribution in [0.25, 0.3) is 0 Å². The number of nitrogens with zero attached hydrogens (tertiary/aromatic N) is 3. The first-order valence-electron chi connectivity index (χ1n) is 6.64. The Kier molecular flexibility index (Phi) is 4.31. The summed E-state index contributed by atoms with van der Waals surface area (Å²) in [5, 5.41) is 8.71. The van der Waals surface area contributed by atoms with Crippen LogP contribution in [0.3, 0.4) is 0 Å². The lowest BCUT2D eigenvalue weighted by atomic mass is 10.0. The summed E-state index contributed by atoms with van der Waals surface area (Å²) in [5.41, 5.74) is 6.44. The second-order valence-corrected chi connectivity index (χ2v) is 5.06. The summed E-state index contributed by atoms with van der Waals surface area (Å²) in [6, 6.07) is -0.0994. The molecule has 0 unspecified atom stereocenters. The molecule has 3 N–H and O–H groups in total. The number of hydrogen-bond donors (Lipinski definition) is 2. The van der Waals surface area contributed by atoms with Gasteiger partial charge in [-0.3, -0.25) is 4.79 Å². The molecule has 2 atom stereocenters. The number of carbonyl (C=O) groups is 1. The van der Waals surface area contributed by atoms with E-state index in [-0.39, 0.29) is 6.42 Å². The standard InChI is InChI=1S/C13H20N4O2/c1-9-4-2-3-5-17(9)13-15-7-10(8-16-13)11(14)6-12(18)19/h7-9,11H,2-6,14H2,1H3,(H,18,19)/t9-,11+/m1/s1. The van der Waals surface area contributed by atoms with Gasteiger partial charge >= 0.3 is 5.97 Å². The van der Waals surface area contributed by atoms with Crippen molar-refractivity contribution in [3.05, 3.63) is 18.0 Å². The highest BCUT2D eigenvalue weighted by Crippen LogP contribution is 2.22. The zero-order valence-electron chi connectivity index (χ0n) is 11.1. The van der Waals surface area contributed by atoms with Crippen molar-refractivity contribution in [2.24, 2.45) is 5.73 Å². The Bertz CT molecular complexity index is 435. The fourth-order valence-electron chi connectivity index (χ4n) is 2.37. The second kappa shape index (κ2) is 5.97. The monoisotopic (exact) mass is 264 g/mol. The molecule has 6 nitrogen and oxygen atoms in total. The lowest BCUT2D eigenvalue weighted by Gasteiger charge is -2.33. The van der Waals surface area contributed by atoms with Gasteiger partial charge in [0, 0.05) is 36.6 Å². The van der Waals surface area contributed by atoms with Gasteiger partial charge in [-0.05, 0) is 26.2 Å². The fourth-order valence-corrected chi connectivity index (χ4v) is 2.37. The van der Waals surface area contributed by atoms with Gasteiger partial charge in [0.1, 0.15) is 0 Å². The Hall–Kier alpha value is -1.69. The quantitative estimate of drug-likeness (QED) is 0.852. The van der Waals surface area contributed by atoms with Crippen LogP contribution in [0.4, 0.5) is 5.95 Å². The van der Waals surface area contributed by atoms with E-state index >= 15 is 0 Å². The van der Waals surface area contributed by atoms with E-state index in [2.05, 4.69) is 21.8 Å². The fraction of sp³-hybridized carbons (Fsp3) is 0.615. The van der Waals surface area contributed by atoms with E-state index in [0.717, 1.165) is 19.4 Å². The van der Waals surface area contributed by atoms with Crippen LogP contribution in [-0.2, 0) is 4.79 Å². The highest BCUT2D eigenvalue weighted by molar-refractivity contribution is 5.67. The van der Waals surface area contributed by atoms with Crippen LogP contribution in [0.1, 0.15) is 44.2 Å². The van der Waals surface area contributed by atoms with E-state index in [0.29, 0.717) is 17.6 Å². The van der Waals surface area contributed by atoms with Crippen LogP contribution < -0.4 is 10.6 Å². The van der Waals surface area contributed by atoms with Gasteiger partial charge < -0.3 is 15.7 Å². The smallest absolute Gasteiger partial charge is 0.305 e. The minimum atomic E-state index is -0.916. The maximum atomic E-state index is 10.6. The third kappa shape index (κ3) is 3.41. The molecule has 0 aliphatic carbocycles. The number of anilines is 1. The molecule has 19 heavy (non-hydrogen) atoms. The van der Waals surface area contributed by atoms with Crippen molar-refractivity contribution in [3.63, 3.8) is 0 Å². The second-order valence-electron chi connectivity index (χ2n) is 5.06. The SMILES string of the molecule is C[C@@H]1CCCCN1c1ncc([C@@H](N)CC(=O)O)cn1. The van der Waals surface area contributed by atoms with Gasteiger partial charge in [0.25, 0.3) is 0 Å². The molecule has 0 aromatic carbocycles. The zero-order valence-corrected chi connectivity index (χ0v) is 11.1. The van der Waals surface area contributed by atoms with Gasteiger partial charge in [0.2, 0.25) is 5.95 Å². The highest BCUT2D eigenvalue weighted by atomic mass is 16.4. The molecular weight excluding hydrogens is 244 g/mol. The number of aromatic nitrogens is 2. The molecule has 1 saturated heterocycles. The molecule has 1 aliphatic rings. The average molecular weight is 264 g/mol. The van der Waals surface area contributed by atoms with Crippen molar-refractivity contribution in [2.75, 3.05) is 11.4 Å². The molecule has 104 valence electrons. The number of carboxylic acid groups (broad SMARTS) is 1. The van der Waals surface area contributed by atoms with Crippen molar-refractivity contribution in [3.8, 4) is 0 Å². The Balaban J connectivity index is 2.07. The Labute approximate surface area is 112 Å². The molecule has 6 heteroatoms. The number of aliphatic carboxylic acids is 1. The van der Waals surface area contributed by atoms with E-state index in [1.54, 1.807) is 12.4 Å². The first kappa shape index (κ1) is 13.7. The minimum Gasteiger partial charge on any atom is -0.481 e. The number of piperidine rings is 1. The van der Waals surface area contributed by atoms with Crippen molar-refractivity contribution in [2.45, 2.75) is 44.7 Å². The van der Waals surface area contributed by atoms with Gasteiger partial charge in [-0.1, -0.05) is 0 Å². The normalized spacial score (nSPS) is 21.2. The van der Waals surface area contributed by atoms with Crippen LogP contribution >= 0.6 is 0 Å². The predicted octanol–water partition coefficient (Wildman–Crippen LogP) is 1.33. The first-order chi connectivity index (χ1) is 9.08.